The maximum absolute atomic E-state index is 14.6. The zero-order valence-corrected chi connectivity index (χ0v) is 20.6. The van der Waals surface area contributed by atoms with E-state index in [0.717, 1.165) is 25.0 Å². The van der Waals surface area contributed by atoms with Gasteiger partial charge in [0.15, 0.2) is 21.8 Å². The van der Waals surface area contributed by atoms with Gasteiger partial charge in [-0.25, -0.2) is 22.2 Å². The summed E-state index contributed by atoms with van der Waals surface area (Å²) in [4.78, 5) is 4.50. The van der Waals surface area contributed by atoms with Crippen LogP contribution in [0.1, 0.15) is 12.5 Å². The van der Waals surface area contributed by atoms with Gasteiger partial charge in [-0.1, -0.05) is 35.9 Å². The lowest BCUT2D eigenvalue weighted by Gasteiger charge is -2.23. The van der Waals surface area contributed by atoms with Gasteiger partial charge < -0.3 is 15.0 Å². The molecule has 0 aliphatic carbocycles. The Hall–Kier alpha value is -2.54. The number of aromatic nitrogens is 1. The second-order valence-corrected chi connectivity index (χ2v) is 10.2. The fraction of sp³-hybridized carbons (Fsp3) is 0.286. The average molecular weight is 535 g/mol. The average Bonchev–Trinajstić information content (AvgIpc) is 3.18. The molecule has 1 heterocycles. The highest BCUT2D eigenvalue weighted by Gasteiger charge is 2.24. The van der Waals surface area contributed by atoms with E-state index in [0.29, 0.717) is 40.6 Å². The highest BCUT2D eigenvalue weighted by atomic mass is 35.5. The van der Waals surface area contributed by atoms with Crippen molar-refractivity contribution in [3.63, 3.8) is 0 Å². The smallest absolute Gasteiger partial charge is 0.266 e. The summed E-state index contributed by atoms with van der Waals surface area (Å²) in [6, 6.07) is 6.26. The van der Waals surface area contributed by atoms with E-state index in [1.54, 1.807) is 18.2 Å². The van der Waals surface area contributed by atoms with E-state index in [-0.39, 0.29) is 11.7 Å². The summed E-state index contributed by atoms with van der Waals surface area (Å²) in [6.07, 6.45) is 0.805. The van der Waals surface area contributed by atoms with E-state index in [2.05, 4.69) is 10.3 Å². The molecular formula is C21H22ClF3N4O3S2. The van der Waals surface area contributed by atoms with Gasteiger partial charge in [0.1, 0.15) is 17.3 Å². The van der Waals surface area contributed by atoms with E-state index >= 15 is 0 Å². The van der Waals surface area contributed by atoms with Crippen LogP contribution in [-0.4, -0.2) is 40.1 Å². The van der Waals surface area contributed by atoms with Crippen LogP contribution in [0.3, 0.4) is 0 Å². The summed E-state index contributed by atoms with van der Waals surface area (Å²) in [5.74, 6) is -2.78. The van der Waals surface area contributed by atoms with Crippen molar-refractivity contribution in [1.29, 1.82) is 0 Å². The monoisotopic (exact) mass is 534 g/mol. The van der Waals surface area contributed by atoms with Crippen LogP contribution in [0.5, 0.6) is 5.75 Å². The third-order valence-electron chi connectivity index (χ3n) is 4.69. The molecule has 13 heteroatoms. The Bertz CT molecular complexity index is 1260. The molecule has 184 valence electrons. The highest BCUT2D eigenvalue weighted by molar-refractivity contribution is 7.93. The molecular weight excluding hydrogens is 513 g/mol. The molecule has 0 radical (unpaired) electrons. The van der Waals surface area contributed by atoms with Crippen LogP contribution in [0, 0.1) is 16.8 Å². The Morgan fingerprint density at radius 2 is 1.94 bits per heavy atom. The fourth-order valence-corrected chi connectivity index (χ4v) is 5.04. The largest absolute Gasteiger partial charge is 0.486 e. The van der Waals surface area contributed by atoms with Crippen molar-refractivity contribution in [3.05, 3.63) is 63.9 Å². The Morgan fingerprint density at radius 3 is 2.62 bits per heavy atom. The van der Waals surface area contributed by atoms with Gasteiger partial charge in [0.25, 0.3) is 10.0 Å². The lowest BCUT2D eigenvalue weighted by molar-refractivity contribution is 0.287. The maximum Gasteiger partial charge on any atom is 0.266 e. The number of nitrogens with one attached hydrogen (secondary N) is 2. The van der Waals surface area contributed by atoms with E-state index < -0.39 is 37.4 Å². The second kappa shape index (κ2) is 11.3. The van der Waals surface area contributed by atoms with Crippen LogP contribution in [0.15, 0.2) is 41.4 Å². The first kappa shape index (κ1) is 26.1. The minimum Gasteiger partial charge on any atom is -0.486 e. The standard InChI is InChI=1S/C21H22ClF3N4O3S2/c1-3-26-6-7-29(2)17-8-14(22)5-4-13(17)12-32-18-9-16(24)19(10-15(18)23)34(30,31)28-21-27-11-20(25)33-21/h4-5,8-11,26H,3,6-7,12H2,1-2H3,(H,27,28). The van der Waals surface area contributed by atoms with Crippen molar-refractivity contribution in [3.8, 4) is 5.75 Å². The predicted octanol–water partition coefficient (Wildman–Crippen LogP) is 4.64. The number of sulfonamides is 1. The van der Waals surface area contributed by atoms with Gasteiger partial charge >= 0.3 is 0 Å². The second-order valence-electron chi connectivity index (χ2n) is 7.12. The minimum absolute atomic E-state index is 0.114. The first-order valence-corrected chi connectivity index (χ1v) is 12.7. The minimum atomic E-state index is -4.54. The molecule has 0 unspecified atom stereocenters. The van der Waals surface area contributed by atoms with Crippen LogP contribution >= 0.6 is 22.9 Å². The van der Waals surface area contributed by atoms with Crippen molar-refractivity contribution < 1.29 is 26.3 Å². The lowest BCUT2D eigenvalue weighted by Crippen LogP contribution is -2.29. The van der Waals surface area contributed by atoms with Crippen LogP contribution in [0.25, 0.3) is 0 Å². The molecule has 34 heavy (non-hydrogen) atoms. The lowest BCUT2D eigenvalue weighted by atomic mass is 10.1. The number of ether oxygens (including phenoxy) is 1. The number of hydrogen-bond donors (Lipinski definition) is 2. The molecule has 0 bridgehead atoms. The molecule has 2 N–H and O–H groups in total. The Labute approximate surface area is 204 Å². The zero-order chi connectivity index (χ0) is 24.9. The molecule has 0 aliphatic rings. The van der Waals surface area contributed by atoms with E-state index in [1.165, 1.54) is 0 Å². The summed E-state index contributed by atoms with van der Waals surface area (Å²) in [5, 5.41) is 2.67. The number of anilines is 2. The fourth-order valence-electron chi connectivity index (χ4n) is 3.01. The Balaban J connectivity index is 1.78. The van der Waals surface area contributed by atoms with Gasteiger partial charge in [-0.3, -0.25) is 4.72 Å². The molecule has 0 atom stereocenters. The van der Waals surface area contributed by atoms with Crippen molar-refractivity contribution in [2.45, 2.75) is 18.4 Å². The van der Waals surface area contributed by atoms with Gasteiger partial charge in [-0.05, 0) is 18.7 Å². The normalized spacial score (nSPS) is 11.5. The van der Waals surface area contributed by atoms with Crippen molar-refractivity contribution >= 4 is 43.8 Å². The van der Waals surface area contributed by atoms with Gasteiger partial charge in [-0.2, -0.15) is 4.39 Å². The molecule has 0 amide bonds. The number of benzene rings is 2. The quantitative estimate of drug-likeness (QED) is 0.349. The van der Waals surface area contributed by atoms with Gasteiger partial charge in [-0.15, -0.1) is 0 Å². The summed E-state index contributed by atoms with van der Waals surface area (Å²) in [7, 11) is -2.67. The van der Waals surface area contributed by atoms with Crippen LogP contribution in [0.4, 0.5) is 24.0 Å². The SMILES string of the molecule is CCNCCN(C)c1cc(Cl)ccc1COc1cc(F)c(S(=O)(=O)Nc2ncc(F)s2)cc1F. The summed E-state index contributed by atoms with van der Waals surface area (Å²) < 4.78 is 74.5. The summed E-state index contributed by atoms with van der Waals surface area (Å²) in [5.41, 5.74) is 1.43. The zero-order valence-electron chi connectivity index (χ0n) is 18.2. The molecule has 0 saturated carbocycles. The van der Waals surface area contributed by atoms with E-state index in [4.69, 9.17) is 16.3 Å². The van der Waals surface area contributed by atoms with Crippen LogP contribution in [-0.2, 0) is 16.6 Å². The maximum atomic E-state index is 14.6. The van der Waals surface area contributed by atoms with Gasteiger partial charge in [0.05, 0.1) is 6.20 Å². The third kappa shape index (κ3) is 6.53. The Kier molecular flexibility index (Phi) is 8.63. The molecule has 7 nitrogen and oxygen atoms in total. The van der Waals surface area contributed by atoms with E-state index in [9.17, 15) is 21.6 Å². The number of thiazole rings is 1. The molecule has 2 aromatic carbocycles. The molecule has 0 saturated heterocycles. The summed E-state index contributed by atoms with van der Waals surface area (Å²) >= 11 is 6.54. The van der Waals surface area contributed by atoms with Gasteiger partial charge in [0, 0.05) is 48.5 Å². The van der Waals surface area contributed by atoms with Crippen LogP contribution < -0.4 is 19.7 Å². The molecule has 3 aromatic rings. The molecule has 0 fully saturated rings. The topological polar surface area (TPSA) is 83.6 Å². The molecule has 0 spiro atoms. The van der Waals surface area contributed by atoms with Crippen LogP contribution in [0.2, 0.25) is 5.02 Å². The first-order valence-electron chi connectivity index (χ1n) is 10.1. The number of likely N-dealkylation sites (N-methyl/N-ethyl adjacent to an activating group) is 2. The molecule has 1 aromatic heterocycles. The third-order valence-corrected chi connectivity index (χ3v) is 7.11. The molecule has 3 rings (SSSR count). The number of rotatable bonds is 11. The Morgan fingerprint density at radius 1 is 1.18 bits per heavy atom. The van der Waals surface area contributed by atoms with Crippen molar-refractivity contribution in [1.82, 2.24) is 10.3 Å². The highest BCUT2D eigenvalue weighted by Crippen LogP contribution is 2.30. The van der Waals surface area contributed by atoms with E-state index in [1.807, 2.05) is 23.6 Å². The van der Waals surface area contributed by atoms with Crippen molar-refractivity contribution in [2.24, 2.45) is 0 Å². The summed E-state index contributed by atoms with van der Waals surface area (Å²) in [6.45, 7) is 4.12. The number of halogens is 4. The molecule has 0 aliphatic heterocycles. The first-order chi connectivity index (χ1) is 16.1. The number of nitrogens with zero attached hydrogens (tertiary/aromatic N) is 2. The van der Waals surface area contributed by atoms with Gasteiger partial charge in [0.2, 0.25) is 0 Å². The van der Waals surface area contributed by atoms with Crippen molar-refractivity contribution in [2.75, 3.05) is 36.3 Å². The number of hydrogen-bond acceptors (Lipinski definition) is 7. The predicted molar refractivity (Wildman–Crippen MR) is 127 cm³/mol.